The molecule has 7 rings (SSSR count). The molecule has 0 aliphatic carbocycles. The summed E-state index contributed by atoms with van der Waals surface area (Å²) in [4.78, 5) is 20.9. The summed E-state index contributed by atoms with van der Waals surface area (Å²) in [6.07, 6.45) is 7.72. The van der Waals surface area contributed by atoms with Crippen molar-refractivity contribution in [1.82, 2.24) is 39.4 Å². The first kappa shape index (κ1) is 22.9. The van der Waals surface area contributed by atoms with E-state index < -0.39 is 0 Å². The Balaban J connectivity index is 1.05. The quantitative estimate of drug-likeness (QED) is 0.305. The van der Waals surface area contributed by atoms with Gasteiger partial charge in [0.05, 0.1) is 11.4 Å². The van der Waals surface area contributed by atoms with Crippen LogP contribution in [-0.4, -0.2) is 52.5 Å². The standard InChI is InChI=1S/C29H26N8S/c1-2-5-22(6-3-1)25-24(32-29-31-13-4-15-37(25)29)21-9-7-20(8-10-21)19-36-16-11-23(12-17-36)26-33-27(35-34-26)28-30-14-18-38-28/h1-10,13-15,18,23H,11-12,16-17,19H2,(H,33,34,35). The lowest BCUT2D eigenvalue weighted by molar-refractivity contribution is 0.202. The molecule has 188 valence electrons. The second-order valence-electron chi connectivity index (χ2n) is 9.59. The number of hydrogen-bond acceptors (Lipinski definition) is 7. The van der Waals surface area contributed by atoms with E-state index in [-0.39, 0.29) is 0 Å². The number of rotatable bonds is 6. The molecule has 5 heterocycles. The molecule has 4 aromatic heterocycles. The van der Waals surface area contributed by atoms with Gasteiger partial charge in [-0.05, 0) is 37.6 Å². The Labute approximate surface area is 224 Å². The highest BCUT2D eigenvalue weighted by Gasteiger charge is 2.24. The molecule has 0 spiro atoms. The summed E-state index contributed by atoms with van der Waals surface area (Å²) < 4.78 is 2.07. The second kappa shape index (κ2) is 9.92. The van der Waals surface area contributed by atoms with E-state index in [4.69, 9.17) is 9.97 Å². The van der Waals surface area contributed by atoms with Gasteiger partial charge in [-0.1, -0.05) is 54.6 Å². The van der Waals surface area contributed by atoms with E-state index in [1.807, 2.05) is 23.7 Å². The van der Waals surface area contributed by atoms with Gasteiger partial charge >= 0.3 is 0 Å². The maximum Gasteiger partial charge on any atom is 0.234 e. The van der Waals surface area contributed by atoms with Crippen LogP contribution in [0.1, 0.15) is 30.1 Å². The highest BCUT2D eigenvalue weighted by Crippen LogP contribution is 2.33. The number of likely N-dealkylation sites (tertiary alicyclic amines) is 1. The topological polar surface area (TPSA) is 87.9 Å². The SMILES string of the molecule is c1ccc(-c2c(-c3ccc(CN4CCC(c5n[nH]c(-c6nccs6)n5)CC4)cc3)nc3ncccn23)cc1. The zero-order valence-corrected chi connectivity index (χ0v) is 21.6. The molecule has 1 aliphatic heterocycles. The Kier molecular flexibility index (Phi) is 5.99. The van der Waals surface area contributed by atoms with E-state index in [1.165, 1.54) is 5.56 Å². The summed E-state index contributed by atoms with van der Waals surface area (Å²) in [6.45, 7) is 3.00. The van der Waals surface area contributed by atoms with Crippen LogP contribution in [0.4, 0.5) is 0 Å². The van der Waals surface area contributed by atoms with Gasteiger partial charge in [-0.15, -0.1) is 11.3 Å². The van der Waals surface area contributed by atoms with Gasteiger partial charge in [0.25, 0.3) is 0 Å². The van der Waals surface area contributed by atoms with Crippen molar-refractivity contribution in [3.8, 4) is 33.3 Å². The van der Waals surface area contributed by atoms with Gasteiger partial charge in [0.2, 0.25) is 5.78 Å². The molecule has 0 amide bonds. The first-order chi connectivity index (χ1) is 18.8. The van der Waals surface area contributed by atoms with Crippen molar-refractivity contribution in [3.63, 3.8) is 0 Å². The van der Waals surface area contributed by atoms with E-state index in [0.717, 1.165) is 71.6 Å². The van der Waals surface area contributed by atoms with Crippen LogP contribution in [0.2, 0.25) is 0 Å². The van der Waals surface area contributed by atoms with Crippen molar-refractivity contribution in [3.05, 3.63) is 96.0 Å². The Morgan fingerprint density at radius 2 is 1.71 bits per heavy atom. The first-order valence-electron chi connectivity index (χ1n) is 12.8. The number of nitrogens with zero attached hydrogens (tertiary/aromatic N) is 7. The zero-order valence-electron chi connectivity index (χ0n) is 20.7. The molecule has 0 saturated carbocycles. The molecule has 0 atom stereocenters. The molecule has 38 heavy (non-hydrogen) atoms. The lowest BCUT2D eigenvalue weighted by atomic mass is 9.95. The van der Waals surface area contributed by atoms with Crippen molar-refractivity contribution in [2.45, 2.75) is 25.3 Å². The minimum atomic E-state index is 0.388. The van der Waals surface area contributed by atoms with Crippen LogP contribution in [0.15, 0.2) is 84.6 Å². The summed E-state index contributed by atoms with van der Waals surface area (Å²) >= 11 is 1.58. The van der Waals surface area contributed by atoms with E-state index in [9.17, 15) is 0 Å². The van der Waals surface area contributed by atoms with Gasteiger partial charge in [-0.25, -0.2) is 19.9 Å². The number of benzene rings is 2. The molecule has 0 radical (unpaired) electrons. The Morgan fingerprint density at radius 3 is 2.50 bits per heavy atom. The Bertz CT molecular complexity index is 1650. The number of imidazole rings is 1. The molecular weight excluding hydrogens is 492 g/mol. The molecule has 0 bridgehead atoms. The molecule has 2 aromatic carbocycles. The molecule has 9 heteroatoms. The van der Waals surface area contributed by atoms with Crippen molar-refractivity contribution < 1.29 is 0 Å². The molecule has 1 aliphatic rings. The van der Waals surface area contributed by atoms with Crippen LogP contribution >= 0.6 is 11.3 Å². The predicted octanol–water partition coefficient (Wildman–Crippen LogP) is 5.68. The Morgan fingerprint density at radius 1 is 0.868 bits per heavy atom. The lowest BCUT2D eigenvalue weighted by Gasteiger charge is -2.30. The molecule has 6 aromatic rings. The fraction of sp³-hybridized carbons (Fsp3) is 0.207. The van der Waals surface area contributed by atoms with E-state index in [0.29, 0.717) is 11.7 Å². The number of piperidine rings is 1. The monoisotopic (exact) mass is 518 g/mol. The van der Waals surface area contributed by atoms with Gasteiger partial charge in [-0.2, -0.15) is 5.10 Å². The van der Waals surface area contributed by atoms with Crippen LogP contribution < -0.4 is 0 Å². The first-order valence-corrected chi connectivity index (χ1v) is 13.7. The maximum atomic E-state index is 4.88. The number of hydrogen-bond donors (Lipinski definition) is 1. The predicted molar refractivity (Wildman–Crippen MR) is 149 cm³/mol. The smallest absolute Gasteiger partial charge is 0.234 e. The Hall–Kier alpha value is -4.21. The number of H-pyrrole nitrogens is 1. The molecule has 1 N–H and O–H groups in total. The van der Waals surface area contributed by atoms with Crippen molar-refractivity contribution in [2.75, 3.05) is 13.1 Å². The van der Waals surface area contributed by atoms with Crippen LogP contribution in [0.25, 0.3) is 39.1 Å². The van der Waals surface area contributed by atoms with Crippen LogP contribution in [0, 0.1) is 0 Å². The second-order valence-corrected chi connectivity index (χ2v) is 10.5. The van der Waals surface area contributed by atoms with E-state index in [1.54, 1.807) is 23.7 Å². The van der Waals surface area contributed by atoms with Crippen LogP contribution in [0.3, 0.4) is 0 Å². The third-order valence-electron chi connectivity index (χ3n) is 7.17. The summed E-state index contributed by atoms with van der Waals surface area (Å²) in [5.74, 6) is 2.78. The van der Waals surface area contributed by atoms with Gasteiger partial charge in [-0.3, -0.25) is 14.4 Å². The van der Waals surface area contributed by atoms with Crippen molar-refractivity contribution in [2.24, 2.45) is 0 Å². The van der Waals surface area contributed by atoms with Gasteiger partial charge < -0.3 is 0 Å². The third kappa shape index (κ3) is 4.40. The number of fused-ring (bicyclic) bond motifs is 1. The lowest BCUT2D eigenvalue weighted by Crippen LogP contribution is -2.32. The highest BCUT2D eigenvalue weighted by atomic mass is 32.1. The summed E-state index contributed by atoms with van der Waals surface area (Å²) in [5, 5.41) is 10.4. The highest BCUT2D eigenvalue weighted by molar-refractivity contribution is 7.12. The summed E-state index contributed by atoms with van der Waals surface area (Å²) in [5.41, 5.74) is 5.54. The van der Waals surface area contributed by atoms with Gasteiger partial charge in [0, 0.05) is 47.6 Å². The largest absolute Gasteiger partial charge is 0.299 e. The molecule has 0 unspecified atom stereocenters. The van der Waals surface area contributed by atoms with Gasteiger partial charge in [0.1, 0.15) is 0 Å². The molecular formula is C29H26N8S. The fourth-order valence-corrected chi connectivity index (χ4v) is 5.80. The normalized spacial score (nSPS) is 14.8. The third-order valence-corrected chi connectivity index (χ3v) is 7.95. The number of nitrogens with one attached hydrogen (secondary N) is 1. The average molecular weight is 519 g/mol. The van der Waals surface area contributed by atoms with Crippen LogP contribution in [0.5, 0.6) is 0 Å². The summed E-state index contributed by atoms with van der Waals surface area (Å²) in [6, 6.07) is 21.2. The van der Waals surface area contributed by atoms with Crippen molar-refractivity contribution >= 4 is 17.1 Å². The molecule has 8 nitrogen and oxygen atoms in total. The molecule has 1 fully saturated rings. The maximum absolute atomic E-state index is 4.88. The zero-order chi connectivity index (χ0) is 25.3. The fourth-order valence-electron chi connectivity index (χ4n) is 5.23. The molecule has 1 saturated heterocycles. The minimum absolute atomic E-state index is 0.388. The number of thiazole rings is 1. The van der Waals surface area contributed by atoms with Crippen LogP contribution in [-0.2, 0) is 6.54 Å². The number of aromatic nitrogens is 7. The average Bonchev–Trinajstić information content (AvgIpc) is 3.74. The minimum Gasteiger partial charge on any atom is -0.299 e. The van der Waals surface area contributed by atoms with E-state index >= 15 is 0 Å². The number of aromatic amines is 1. The van der Waals surface area contributed by atoms with E-state index in [2.05, 4.69) is 78.0 Å². The van der Waals surface area contributed by atoms with Gasteiger partial charge in [0.15, 0.2) is 16.7 Å². The van der Waals surface area contributed by atoms with Crippen molar-refractivity contribution in [1.29, 1.82) is 0 Å². The summed E-state index contributed by atoms with van der Waals surface area (Å²) in [7, 11) is 0.